The fourth-order valence-electron chi connectivity index (χ4n) is 1.52. The van der Waals surface area contributed by atoms with E-state index in [4.69, 9.17) is 5.11 Å². The van der Waals surface area contributed by atoms with Crippen molar-refractivity contribution >= 4 is 5.97 Å². The first-order chi connectivity index (χ1) is 6.93. The number of carbonyl (C=O) groups is 1. The van der Waals surface area contributed by atoms with Gasteiger partial charge in [-0.25, -0.2) is 8.78 Å². The van der Waals surface area contributed by atoms with Crippen molar-refractivity contribution in [1.29, 1.82) is 0 Å². The summed E-state index contributed by atoms with van der Waals surface area (Å²) in [5, 5.41) is 8.94. The summed E-state index contributed by atoms with van der Waals surface area (Å²) in [4.78, 5) is 10.9. The van der Waals surface area contributed by atoms with E-state index in [0.717, 1.165) is 12.1 Å². The molecule has 0 saturated heterocycles. The summed E-state index contributed by atoms with van der Waals surface area (Å²) in [5.74, 6) is -3.99. The molecule has 0 saturated carbocycles. The number of carboxylic acids is 1. The summed E-state index contributed by atoms with van der Waals surface area (Å²) in [6.45, 7) is 3.44. The van der Waals surface area contributed by atoms with Crippen LogP contribution in [-0.2, 0) is 4.79 Å². The van der Waals surface area contributed by atoms with E-state index < -0.39 is 23.5 Å². The quantitative estimate of drug-likeness (QED) is 0.840. The van der Waals surface area contributed by atoms with E-state index >= 15 is 0 Å². The molecule has 0 fully saturated rings. The molecule has 15 heavy (non-hydrogen) atoms. The molecule has 0 heterocycles. The molecule has 1 atom stereocenters. The number of carboxylic acid groups (broad SMARTS) is 1. The Morgan fingerprint density at radius 3 is 2.27 bits per heavy atom. The third kappa shape index (κ3) is 2.52. The van der Waals surface area contributed by atoms with E-state index in [1.165, 1.54) is 6.07 Å². The zero-order chi connectivity index (χ0) is 11.6. The summed E-state index contributed by atoms with van der Waals surface area (Å²) in [6, 6.07) is 3.19. The van der Waals surface area contributed by atoms with Crippen LogP contribution < -0.4 is 0 Å². The third-order valence-corrected chi connectivity index (χ3v) is 2.24. The zero-order valence-corrected chi connectivity index (χ0v) is 8.50. The molecule has 0 aliphatic rings. The van der Waals surface area contributed by atoms with E-state index in [9.17, 15) is 13.6 Å². The van der Waals surface area contributed by atoms with E-state index in [1.807, 2.05) is 0 Å². The summed E-state index contributed by atoms with van der Waals surface area (Å²) in [6.07, 6.45) is 0. The molecule has 2 nitrogen and oxygen atoms in total. The molecule has 4 heteroatoms. The van der Waals surface area contributed by atoms with Gasteiger partial charge < -0.3 is 5.11 Å². The highest BCUT2D eigenvalue weighted by Gasteiger charge is 2.24. The van der Waals surface area contributed by atoms with E-state index in [-0.39, 0.29) is 11.5 Å². The SMILES string of the molecule is CC(C)[C@@H](C(=O)O)c1ccc(F)c(F)c1. The molecular weight excluding hydrogens is 202 g/mol. The van der Waals surface area contributed by atoms with Crippen LogP contribution in [-0.4, -0.2) is 11.1 Å². The lowest BCUT2D eigenvalue weighted by molar-refractivity contribution is -0.139. The Bertz CT molecular complexity index is 375. The molecule has 0 aliphatic carbocycles. The maximum Gasteiger partial charge on any atom is 0.311 e. The van der Waals surface area contributed by atoms with Crippen molar-refractivity contribution in [3.63, 3.8) is 0 Å². The van der Waals surface area contributed by atoms with Crippen molar-refractivity contribution in [2.75, 3.05) is 0 Å². The lowest BCUT2D eigenvalue weighted by Gasteiger charge is -2.16. The molecule has 0 unspecified atom stereocenters. The number of hydrogen-bond donors (Lipinski definition) is 1. The highest BCUT2D eigenvalue weighted by Crippen LogP contribution is 2.25. The van der Waals surface area contributed by atoms with E-state index in [0.29, 0.717) is 0 Å². The number of benzene rings is 1. The second-order valence-corrected chi connectivity index (χ2v) is 3.73. The number of halogens is 2. The van der Waals surface area contributed by atoms with Gasteiger partial charge >= 0.3 is 5.97 Å². The van der Waals surface area contributed by atoms with Crippen molar-refractivity contribution in [2.24, 2.45) is 5.92 Å². The second-order valence-electron chi connectivity index (χ2n) is 3.73. The first-order valence-electron chi connectivity index (χ1n) is 4.61. The predicted octanol–water partition coefficient (Wildman–Crippen LogP) is 2.79. The average Bonchev–Trinajstić information content (AvgIpc) is 2.10. The molecule has 0 aromatic heterocycles. The van der Waals surface area contributed by atoms with Crippen LogP contribution in [0.25, 0.3) is 0 Å². The largest absolute Gasteiger partial charge is 0.481 e. The molecule has 0 spiro atoms. The normalized spacial score (nSPS) is 12.9. The smallest absolute Gasteiger partial charge is 0.311 e. The maximum absolute atomic E-state index is 12.9. The van der Waals surface area contributed by atoms with E-state index in [1.54, 1.807) is 13.8 Å². The first-order valence-corrected chi connectivity index (χ1v) is 4.61. The first kappa shape index (κ1) is 11.6. The minimum Gasteiger partial charge on any atom is -0.481 e. The average molecular weight is 214 g/mol. The fraction of sp³-hybridized carbons (Fsp3) is 0.364. The van der Waals surface area contributed by atoms with Crippen molar-refractivity contribution < 1.29 is 18.7 Å². The van der Waals surface area contributed by atoms with Gasteiger partial charge in [0.05, 0.1) is 5.92 Å². The van der Waals surface area contributed by atoms with Gasteiger partial charge in [-0.3, -0.25) is 4.79 Å². The predicted molar refractivity (Wildman–Crippen MR) is 51.6 cm³/mol. The van der Waals surface area contributed by atoms with Gasteiger partial charge in [0.25, 0.3) is 0 Å². The monoisotopic (exact) mass is 214 g/mol. The Morgan fingerprint density at radius 1 is 1.27 bits per heavy atom. The molecule has 82 valence electrons. The van der Waals surface area contributed by atoms with Crippen LogP contribution in [0.1, 0.15) is 25.3 Å². The zero-order valence-electron chi connectivity index (χ0n) is 8.50. The molecule has 1 N–H and O–H groups in total. The Balaban J connectivity index is 3.12. The summed E-state index contributed by atoms with van der Waals surface area (Å²) >= 11 is 0. The topological polar surface area (TPSA) is 37.3 Å². The van der Waals surface area contributed by atoms with E-state index in [2.05, 4.69) is 0 Å². The summed E-state index contributed by atoms with van der Waals surface area (Å²) < 4.78 is 25.5. The van der Waals surface area contributed by atoms with Crippen molar-refractivity contribution in [1.82, 2.24) is 0 Å². The molecule has 0 aliphatic heterocycles. The van der Waals surface area contributed by atoms with Crippen LogP contribution in [0.4, 0.5) is 8.78 Å². The molecular formula is C11H12F2O2. The lowest BCUT2D eigenvalue weighted by Crippen LogP contribution is -2.17. The minimum atomic E-state index is -1.03. The fourth-order valence-corrected chi connectivity index (χ4v) is 1.52. The molecule has 1 aromatic rings. The van der Waals surface area contributed by atoms with Gasteiger partial charge in [-0.2, -0.15) is 0 Å². The second kappa shape index (κ2) is 4.38. The Hall–Kier alpha value is -1.45. The van der Waals surface area contributed by atoms with Crippen molar-refractivity contribution in [2.45, 2.75) is 19.8 Å². The van der Waals surface area contributed by atoms with Gasteiger partial charge in [0.2, 0.25) is 0 Å². The molecule has 1 aromatic carbocycles. The van der Waals surface area contributed by atoms with Gasteiger partial charge in [0, 0.05) is 0 Å². The minimum absolute atomic E-state index is 0.174. The highest BCUT2D eigenvalue weighted by molar-refractivity contribution is 5.76. The third-order valence-electron chi connectivity index (χ3n) is 2.24. The summed E-state index contributed by atoms with van der Waals surface area (Å²) in [5.41, 5.74) is 0.288. The van der Waals surface area contributed by atoms with Gasteiger partial charge in [0.1, 0.15) is 0 Å². The lowest BCUT2D eigenvalue weighted by atomic mass is 9.88. The van der Waals surface area contributed by atoms with Gasteiger partial charge in [-0.05, 0) is 23.6 Å². The standard InChI is InChI=1S/C11H12F2O2/c1-6(2)10(11(14)15)7-3-4-8(12)9(13)5-7/h3-6,10H,1-2H3,(H,14,15)/t10-/m1/s1. The molecule has 0 radical (unpaired) electrons. The highest BCUT2D eigenvalue weighted by atomic mass is 19.2. The Morgan fingerprint density at radius 2 is 1.87 bits per heavy atom. The molecule has 0 amide bonds. The summed E-state index contributed by atoms with van der Waals surface area (Å²) in [7, 11) is 0. The van der Waals surface area contributed by atoms with Gasteiger partial charge in [-0.1, -0.05) is 19.9 Å². The molecule has 1 rings (SSSR count). The number of rotatable bonds is 3. The number of aliphatic carboxylic acids is 1. The Labute approximate surface area is 86.5 Å². The van der Waals surface area contributed by atoms with Crippen LogP contribution in [0.3, 0.4) is 0 Å². The van der Waals surface area contributed by atoms with Gasteiger partial charge in [0.15, 0.2) is 11.6 Å². The van der Waals surface area contributed by atoms with Crippen LogP contribution in [0.15, 0.2) is 18.2 Å². The van der Waals surface area contributed by atoms with Crippen LogP contribution >= 0.6 is 0 Å². The van der Waals surface area contributed by atoms with Crippen LogP contribution in [0.2, 0.25) is 0 Å². The number of hydrogen-bond acceptors (Lipinski definition) is 1. The van der Waals surface area contributed by atoms with Gasteiger partial charge in [-0.15, -0.1) is 0 Å². The maximum atomic E-state index is 12.9. The van der Waals surface area contributed by atoms with Crippen molar-refractivity contribution in [3.8, 4) is 0 Å². The van der Waals surface area contributed by atoms with Crippen LogP contribution in [0.5, 0.6) is 0 Å². The Kier molecular flexibility index (Phi) is 3.39. The van der Waals surface area contributed by atoms with Crippen molar-refractivity contribution in [3.05, 3.63) is 35.4 Å². The van der Waals surface area contributed by atoms with Crippen LogP contribution in [0, 0.1) is 17.6 Å². The molecule has 0 bridgehead atoms.